The smallest absolute Gasteiger partial charge is 0.194 e. The maximum Gasteiger partial charge on any atom is 0.194 e. The number of aliphatic imine (C=N–C) groups is 1. The lowest BCUT2D eigenvalue weighted by atomic mass is 9.93. The number of nitrogens with one attached hydrogen (secondary N) is 1. The average molecular weight is 418 g/mol. The van der Waals surface area contributed by atoms with E-state index in [4.69, 9.17) is 4.99 Å². The van der Waals surface area contributed by atoms with E-state index in [-0.39, 0.29) is 24.0 Å². The van der Waals surface area contributed by atoms with E-state index in [0.717, 1.165) is 30.7 Å². The van der Waals surface area contributed by atoms with Crippen molar-refractivity contribution in [3.05, 3.63) is 24.3 Å². The molecule has 0 saturated carbocycles. The monoisotopic (exact) mass is 418 g/mol. The van der Waals surface area contributed by atoms with Crippen molar-refractivity contribution >= 4 is 29.9 Å². The van der Waals surface area contributed by atoms with Gasteiger partial charge in [0.15, 0.2) is 11.8 Å². The zero-order valence-corrected chi connectivity index (χ0v) is 16.3. The minimum absolute atomic E-state index is 0. The third-order valence-electron chi connectivity index (χ3n) is 3.93. The highest BCUT2D eigenvalue weighted by Gasteiger charge is 2.30. The van der Waals surface area contributed by atoms with Crippen molar-refractivity contribution in [3.8, 4) is 0 Å². The normalized spacial score (nSPS) is 17.3. The molecule has 6 nitrogen and oxygen atoms in total. The molecule has 0 radical (unpaired) electrons. The molecule has 1 aliphatic rings. The van der Waals surface area contributed by atoms with Crippen molar-refractivity contribution in [1.29, 1.82) is 0 Å². The van der Waals surface area contributed by atoms with Gasteiger partial charge in [0.2, 0.25) is 0 Å². The molecule has 1 saturated heterocycles. The van der Waals surface area contributed by atoms with Crippen molar-refractivity contribution in [1.82, 2.24) is 25.0 Å². The zero-order valence-electron chi connectivity index (χ0n) is 14.0. The quantitative estimate of drug-likeness (QED) is 0.352. The summed E-state index contributed by atoms with van der Waals surface area (Å²) in [5, 5.41) is 11.6. The van der Waals surface area contributed by atoms with E-state index in [1.54, 1.807) is 0 Å². The first-order valence-corrected chi connectivity index (χ1v) is 7.42. The maximum absolute atomic E-state index is 4.71. The third kappa shape index (κ3) is 4.69. The number of nitrogens with zero attached hydrogens (tertiary/aromatic N) is 5. The Morgan fingerprint density at radius 3 is 2.68 bits per heavy atom. The Morgan fingerprint density at radius 2 is 2.18 bits per heavy atom. The Balaban J connectivity index is 0.00000242. The van der Waals surface area contributed by atoms with Crippen molar-refractivity contribution in [2.45, 2.75) is 33.7 Å². The Labute approximate surface area is 150 Å². The van der Waals surface area contributed by atoms with Gasteiger partial charge in [-0.15, -0.1) is 40.8 Å². The van der Waals surface area contributed by atoms with Crippen LogP contribution in [0.15, 0.2) is 17.6 Å². The van der Waals surface area contributed by atoms with Gasteiger partial charge in [0, 0.05) is 26.7 Å². The third-order valence-corrected chi connectivity index (χ3v) is 3.93. The van der Waals surface area contributed by atoms with E-state index in [2.05, 4.69) is 40.8 Å². The van der Waals surface area contributed by atoms with Crippen molar-refractivity contribution in [2.75, 3.05) is 19.6 Å². The molecule has 0 aromatic carbocycles. The number of hydrogen-bond donors (Lipinski definition) is 1. The summed E-state index contributed by atoms with van der Waals surface area (Å²) in [7, 11) is 1.97. The molecule has 2 rings (SSSR count). The fraction of sp³-hybridized carbons (Fsp3) is 0.667. The highest BCUT2D eigenvalue weighted by molar-refractivity contribution is 14.0. The molecule has 1 N–H and O–H groups in total. The second kappa shape index (κ2) is 7.94. The minimum Gasteiger partial charge on any atom is -0.353 e. The first-order chi connectivity index (χ1) is 9.93. The zero-order chi connectivity index (χ0) is 15.5. The summed E-state index contributed by atoms with van der Waals surface area (Å²) in [6.07, 6.45) is 3.04. The maximum atomic E-state index is 4.71. The molecular formula is C15H27IN6. The second-order valence-electron chi connectivity index (χ2n) is 6.37. The SMILES string of the molecule is C=CCNC(=NCc1nnc(C)n1C)N1CCC(C)(C)C1.I. The topological polar surface area (TPSA) is 58.3 Å². The molecule has 1 aromatic rings. The number of hydrogen-bond acceptors (Lipinski definition) is 3. The summed E-state index contributed by atoms with van der Waals surface area (Å²) >= 11 is 0. The van der Waals surface area contributed by atoms with Crippen LogP contribution in [0.2, 0.25) is 0 Å². The largest absolute Gasteiger partial charge is 0.353 e. The van der Waals surface area contributed by atoms with E-state index >= 15 is 0 Å². The number of aryl methyl sites for hydroxylation is 1. The van der Waals surface area contributed by atoms with Gasteiger partial charge in [-0.1, -0.05) is 19.9 Å². The molecule has 0 aliphatic carbocycles. The van der Waals surface area contributed by atoms with Gasteiger partial charge in [-0.3, -0.25) is 0 Å². The molecule has 124 valence electrons. The molecule has 2 heterocycles. The number of halogens is 1. The van der Waals surface area contributed by atoms with Crippen LogP contribution in [-0.2, 0) is 13.6 Å². The predicted molar refractivity (Wildman–Crippen MR) is 100 cm³/mol. The van der Waals surface area contributed by atoms with Gasteiger partial charge in [-0.2, -0.15) is 0 Å². The van der Waals surface area contributed by atoms with E-state index in [0.29, 0.717) is 18.5 Å². The highest BCUT2D eigenvalue weighted by atomic mass is 127. The molecule has 0 bridgehead atoms. The summed E-state index contributed by atoms with van der Waals surface area (Å²) < 4.78 is 1.97. The summed E-state index contributed by atoms with van der Waals surface area (Å²) in [6.45, 7) is 13.6. The summed E-state index contributed by atoms with van der Waals surface area (Å²) in [6, 6.07) is 0. The van der Waals surface area contributed by atoms with Crippen molar-refractivity contribution < 1.29 is 0 Å². The van der Waals surface area contributed by atoms with Crippen LogP contribution >= 0.6 is 24.0 Å². The fourth-order valence-electron chi connectivity index (χ4n) is 2.46. The summed E-state index contributed by atoms with van der Waals surface area (Å²) in [5.41, 5.74) is 0.345. The molecule has 22 heavy (non-hydrogen) atoms. The Hall–Kier alpha value is -1.12. The van der Waals surface area contributed by atoms with Crippen LogP contribution in [0.3, 0.4) is 0 Å². The number of aromatic nitrogens is 3. The van der Waals surface area contributed by atoms with E-state index in [1.807, 2.05) is 24.6 Å². The Morgan fingerprint density at radius 1 is 1.45 bits per heavy atom. The molecule has 0 amide bonds. The predicted octanol–water partition coefficient (Wildman–Crippen LogP) is 2.11. The van der Waals surface area contributed by atoms with Gasteiger partial charge in [0.1, 0.15) is 12.4 Å². The molecule has 7 heteroatoms. The van der Waals surface area contributed by atoms with E-state index in [1.165, 1.54) is 6.42 Å². The highest BCUT2D eigenvalue weighted by Crippen LogP contribution is 2.28. The number of rotatable bonds is 4. The van der Waals surface area contributed by atoms with Crippen LogP contribution < -0.4 is 5.32 Å². The van der Waals surface area contributed by atoms with Crippen LogP contribution in [0.25, 0.3) is 0 Å². The molecule has 0 spiro atoms. The van der Waals surface area contributed by atoms with Crippen LogP contribution in [0.4, 0.5) is 0 Å². The van der Waals surface area contributed by atoms with Gasteiger partial charge in [-0.05, 0) is 18.8 Å². The molecule has 0 atom stereocenters. The average Bonchev–Trinajstić information content (AvgIpc) is 2.95. The number of likely N-dealkylation sites (tertiary alicyclic amines) is 1. The molecule has 1 fully saturated rings. The van der Waals surface area contributed by atoms with Gasteiger partial charge in [0.25, 0.3) is 0 Å². The van der Waals surface area contributed by atoms with E-state index in [9.17, 15) is 0 Å². The molecule has 1 aliphatic heterocycles. The van der Waals surface area contributed by atoms with Crippen molar-refractivity contribution in [3.63, 3.8) is 0 Å². The lowest BCUT2D eigenvalue weighted by Crippen LogP contribution is -2.41. The van der Waals surface area contributed by atoms with Gasteiger partial charge >= 0.3 is 0 Å². The fourth-order valence-corrected chi connectivity index (χ4v) is 2.46. The molecule has 0 unspecified atom stereocenters. The van der Waals surface area contributed by atoms with Gasteiger partial charge < -0.3 is 14.8 Å². The first kappa shape index (κ1) is 18.9. The van der Waals surface area contributed by atoms with Gasteiger partial charge in [-0.25, -0.2) is 4.99 Å². The van der Waals surface area contributed by atoms with Crippen molar-refractivity contribution in [2.24, 2.45) is 17.5 Å². The number of guanidine groups is 1. The van der Waals surface area contributed by atoms with Crippen LogP contribution in [0, 0.1) is 12.3 Å². The summed E-state index contributed by atoms with van der Waals surface area (Å²) in [5.74, 6) is 2.72. The Kier molecular flexibility index (Phi) is 6.83. The molecule has 1 aromatic heterocycles. The lowest BCUT2D eigenvalue weighted by molar-refractivity contribution is 0.370. The minimum atomic E-state index is 0. The van der Waals surface area contributed by atoms with E-state index < -0.39 is 0 Å². The molecular weight excluding hydrogens is 391 g/mol. The van der Waals surface area contributed by atoms with Crippen LogP contribution in [0.5, 0.6) is 0 Å². The second-order valence-corrected chi connectivity index (χ2v) is 6.37. The van der Waals surface area contributed by atoms with Crippen LogP contribution in [-0.4, -0.2) is 45.3 Å². The lowest BCUT2D eigenvalue weighted by Gasteiger charge is -2.23. The standard InChI is InChI=1S/C15H26N6.HI/c1-6-8-16-14(21-9-7-15(3,4)11-21)17-10-13-19-18-12(2)20(13)5;/h6H,1,7-11H2,2-5H3,(H,16,17);1H. The van der Waals surface area contributed by atoms with Crippen LogP contribution in [0.1, 0.15) is 31.9 Å². The summed E-state index contributed by atoms with van der Waals surface area (Å²) in [4.78, 5) is 7.03. The van der Waals surface area contributed by atoms with Gasteiger partial charge in [0.05, 0.1) is 0 Å². The Bertz CT molecular complexity index is 534. The first-order valence-electron chi connectivity index (χ1n) is 7.42.